The van der Waals surface area contributed by atoms with Gasteiger partial charge in [0, 0.05) is 15.7 Å². The van der Waals surface area contributed by atoms with Gasteiger partial charge >= 0.3 is 0 Å². The third-order valence-corrected chi connectivity index (χ3v) is 4.24. The van der Waals surface area contributed by atoms with Crippen molar-refractivity contribution in [2.24, 2.45) is 0 Å². The number of carbonyl (C=O) groups is 1. The first-order valence-electron chi connectivity index (χ1n) is 6.07. The van der Waals surface area contributed by atoms with E-state index in [0.717, 1.165) is 23.0 Å². The lowest BCUT2D eigenvalue weighted by atomic mass is 9.99. The Morgan fingerprint density at radius 2 is 2.26 bits per heavy atom. The minimum Gasteiger partial charge on any atom is -0.348 e. The normalized spacial score (nSPS) is 22.5. The maximum atomic E-state index is 12.2. The number of rotatable bonds is 2. The van der Waals surface area contributed by atoms with E-state index in [9.17, 15) is 4.79 Å². The summed E-state index contributed by atoms with van der Waals surface area (Å²) >= 11 is 8.28. The third kappa shape index (κ3) is 4.48. The molecule has 3 nitrogen and oxygen atoms in total. The van der Waals surface area contributed by atoms with E-state index in [4.69, 9.17) is 11.6 Å². The summed E-state index contributed by atoms with van der Waals surface area (Å²) in [6.07, 6.45) is 2.11. The van der Waals surface area contributed by atoms with E-state index in [1.165, 1.54) is 0 Å². The molecule has 19 heavy (non-hydrogen) atoms. The minimum atomic E-state index is -0.0862. The van der Waals surface area contributed by atoms with Crippen molar-refractivity contribution in [1.29, 1.82) is 0 Å². The molecule has 0 aliphatic carbocycles. The number of piperidine rings is 1. The van der Waals surface area contributed by atoms with Gasteiger partial charge in [-0.2, -0.15) is 0 Å². The highest BCUT2D eigenvalue weighted by atomic mass is 127. The average Bonchev–Trinajstić information content (AvgIpc) is 2.32. The minimum absolute atomic E-state index is 0. The highest BCUT2D eigenvalue weighted by Crippen LogP contribution is 2.19. The van der Waals surface area contributed by atoms with Crippen molar-refractivity contribution in [1.82, 2.24) is 10.6 Å². The standard InChI is InChI=1S/C13H16ClIN2O.ClH/c1-8-12(3-2-6-16-8)17-13(18)10-5-4-9(15)7-11(10)14;/h4-5,7-8,12,16H,2-3,6H2,1H3,(H,17,18);1H. The number of hydrogen-bond donors (Lipinski definition) is 2. The van der Waals surface area contributed by atoms with Gasteiger partial charge in [-0.15, -0.1) is 12.4 Å². The second-order valence-electron chi connectivity index (χ2n) is 4.59. The maximum Gasteiger partial charge on any atom is 0.253 e. The van der Waals surface area contributed by atoms with Gasteiger partial charge in [0.25, 0.3) is 5.91 Å². The topological polar surface area (TPSA) is 41.1 Å². The number of halogens is 3. The van der Waals surface area contributed by atoms with Crippen LogP contribution in [0.2, 0.25) is 5.02 Å². The fourth-order valence-electron chi connectivity index (χ4n) is 2.16. The van der Waals surface area contributed by atoms with Gasteiger partial charge in [-0.3, -0.25) is 4.79 Å². The summed E-state index contributed by atoms with van der Waals surface area (Å²) in [4.78, 5) is 12.2. The molecule has 0 bridgehead atoms. The monoisotopic (exact) mass is 414 g/mol. The van der Waals surface area contributed by atoms with Gasteiger partial charge in [0.1, 0.15) is 0 Å². The lowest BCUT2D eigenvalue weighted by Crippen LogP contribution is -2.51. The molecule has 0 radical (unpaired) electrons. The van der Waals surface area contributed by atoms with E-state index < -0.39 is 0 Å². The van der Waals surface area contributed by atoms with Gasteiger partial charge in [-0.05, 0) is 67.1 Å². The van der Waals surface area contributed by atoms with Crippen LogP contribution < -0.4 is 10.6 Å². The number of hydrogen-bond acceptors (Lipinski definition) is 2. The molecular weight excluding hydrogens is 398 g/mol. The molecule has 2 atom stereocenters. The Morgan fingerprint density at radius 3 is 2.89 bits per heavy atom. The van der Waals surface area contributed by atoms with Crippen molar-refractivity contribution in [3.63, 3.8) is 0 Å². The molecule has 106 valence electrons. The van der Waals surface area contributed by atoms with Gasteiger partial charge in [-0.25, -0.2) is 0 Å². The summed E-state index contributed by atoms with van der Waals surface area (Å²) in [6, 6.07) is 5.97. The summed E-state index contributed by atoms with van der Waals surface area (Å²) in [7, 11) is 0. The molecule has 0 aromatic heterocycles. The summed E-state index contributed by atoms with van der Waals surface area (Å²) < 4.78 is 1.03. The first-order chi connectivity index (χ1) is 8.58. The van der Waals surface area contributed by atoms with Gasteiger partial charge in [0.15, 0.2) is 0 Å². The molecule has 1 aromatic rings. The molecular formula is C13H17Cl2IN2O. The molecule has 2 unspecified atom stereocenters. The van der Waals surface area contributed by atoms with Gasteiger partial charge < -0.3 is 10.6 Å². The van der Waals surface area contributed by atoms with Crippen LogP contribution in [0.3, 0.4) is 0 Å². The molecule has 0 spiro atoms. The van der Waals surface area contributed by atoms with Crippen LogP contribution in [0.25, 0.3) is 0 Å². The van der Waals surface area contributed by atoms with E-state index in [2.05, 4.69) is 40.1 Å². The van der Waals surface area contributed by atoms with E-state index in [1.807, 2.05) is 6.07 Å². The smallest absolute Gasteiger partial charge is 0.253 e. The molecule has 0 saturated carbocycles. The zero-order valence-electron chi connectivity index (χ0n) is 10.6. The average molecular weight is 415 g/mol. The molecule has 1 saturated heterocycles. The van der Waals surface area contributed by atoms with Crippen molar-refractivity contribution in [3.8, 4) is 0 Å². The van der Waals surface area contributed by atoms with Crippen LogP contribution in [0.4, 0.5) is 0 Å². The zero-order chi connectivity index (χ0) is 13.1. The Morgan fingerprint density at radius 1 is 1.53 bits per heavy atom. The van der Waals surface area contributed by atoms with E-state index >= 15 is 0 Å². The summed E-state index contributed by atoms with van der Waals surface area (Å²) in [6.45, 7) is 3.12. The highest BCUT2D eigenvalue weighted by Gasteiger charge is 2.23. The molecule has 6 heteroatoms. The Bertz CT molecular complexity index is 456. The van der Waals surface area contributed by atoms with Crippen LogP contribution in [-0.2, 0) is 0 Å². The van der Waals surface area contributed by atoms with Gasteiger partial charge in [-0.1, -0.05) is 11.6 Å². The van der Waals surface area contributed by atoms with E-state index in [-0.39, 0.29) is 24.4 Å². The Hall–Kier alpha value is -0.0400. The molecule has 1 aromatic carbocycles. The first kappa shape index (κ1) is 17.0. The number of carbonyl (C=O) groups excluding carboxylic acids is 1. The predicted octanol–water partition coefficient (Wildman–Crippen LogP) is 3.24. The van der Waals surface area contributed by atoms with Crippen LogP contribution in [0, 0.1) is 3.57 Å². The van der Waals surface area contributed by atoms with Gasteiger partial charge in [0.05, 0.1) is 10.6 Å². The maximum absolute atomic E-state index is 12.2. The van der Waals surface area contributed by atoms with Crippen LogP contribution >= 0.6 is 46.6 Å². The van der Waals surface area contributed by atoms with Crippen molar-refractivity contribution >= 4 is 52.5 Å². The summed E-state index contributed by atoms with van der Waals surface area (Å²) in [5, 5.41) is 6.93. The molecule has 1 fully saturated rings. The largest absolute Gasteiger partial charge is 0.348 e. The lowest BCUT2D eigenvalue weighted by Gasteiger charge is -2.30. The van der Waals surface area contributed by atoms with E-state index in [1.54, 1.807) is 12.1 Å². The first-order valence-corrected chi connectivity index (χ1v) is 7.53. The fourth-order valence-corrected chi connectivity index (χ4v) is 3.10. The summed E-state index contributed by atoms with van der Waals surface area (Å²) in [5.41, 5.74) is 0.551. The molecule has 1 amide bonds. The van der Waals surface area contributed by atoms with Crippen LogP contribution in [-0.4, -0.2) is 24.5 Å². The van der Waals surface area contributed by atoms with Crippen molar-refractivity contribution < 1.29 is 4.79 Å². The SMILES string of the molecule is CC1NCCCC1NC(=O)c1ccc(I)cc1Cl.Cl. The third-order valence-electron chi connectivity index (χ3n) is 3.25. The number of benzene rings is 1. The van der Waals surface area contributed by atoms with Crippen LogP contribution in [0.5, 0.6) is 0 Å². The predicted molar refractivity (Wildman–Crippen MR) is 89.4 cm³/mol. The van der Waals surface area contributed by atoms with Crippen molar-refractivity contribution in [3.05, 3.63) is 32.4 Å². The molecule has 1 heterocycles. The molecule has 1 aliphatic rings. The van der Waals surface area contributed by atoms with Crippen molar-refractivity contribution in [2.75, 3.05) is 6.54 Å². The lowest BCUT2D eigenvalue weighted by molar-refractivity contribution is 0.0920. The second kappa shape index (κ2) is 7.67. The second-order valence-corrected chi connectivity index (χ2v) is 6.24. The van der Waals surface area contributed by atoms with Crippen LogP contribution in [0.15, 0.2) is 18.2 Å². The zero-order valence-corrected chi connectivity index (χ0v) is 14.3. The summed E-state index contributed by atoms with van der Waals surface area (Å²) in [5.74, 6) is -0.0862. The van der Waals surface area contributed by atoms with Crippen LogP contribution in [0.1, 0.15) is 30.1 Å². The molecule has 2 N–H and O–H groups in total. The van der Waals surface area contributed by atoms with E-state index in [0.29, 0.717) is 16.6 Å². The highest BCUT2D eigenvalue weighted by molar-refractivity contribution is 14.1. The quantitative estimate of drug-likeness (QED) is 0.729. The number of nitrogens with one attached hydrogen (secondary N) is 2. The Kier molecular flexibility index (Phi) is 6.86. The number of amides is 1. The molecule has 1 aliphatic heterocycles. The van der Waals surface area contributed by atoms with Gasteiger partial charge in [0.2, 0.25) is 0 Å². The fraction of sp³-hybridized carbons (Fsp3) is 0.462. The molecule has 2 rings (SSSR count). The Labute approximate surface area is 138 Å². The van der Waals surface area contributed by atoms with Crippen molar-refractivity contribution in [2.45, 2.75) is 31.8 Å². The Balaban J connectivity index is 0.00000180.